The van der Waals surface area contributed by atoms with E-state index < -0.39 is 0 Å². The SMILES string of the molecule is CCCNC(=O)CNCCN(C)CCOC. The average molecular weight is 231 g/mol. The lowest BCUT2D eigenvalue weighted by Gasteiger charge is -2.16. The van der Waals surface area contributed by atoms with Crippen LogP contribution in [0.25, 0.3) is 0 Å². The van der Waals surface area contributed by atoms with E-state index in [2.05, 4.69) is 15.5 Å². The fraction of sp³-hybridized carbons (Fsp3) is 0.909. The van der Waals surface area contributed by atoms with Gasteiger partial charge in [-0.2, -0.15) is 0 Å². The molecule has 0 saturated carbocycles. The highest BCUT2D eigenvalue weighted by molar-refractivity contribution is 5.77. The van der Waals surface area contributed by atoms with Gasteiger partial charge in [-0.25, -0.2) is 0 Å². The first kappa shape index (κ1) is 15.3. The lowest BCUT2D eigenvalue weighted by molar-refractivity contribution is -0.120. The van der Waals surface area contributed by atoms with Gasteiger partial charge in [-0.05, 0) is 13.5 Å². The van der Waals surface area contributed by atoms with Gasteiger partial charge in [0.1, 0.15) is 0 Å². The summed E-state index contributed by atoms with van der Waals surface area (Å²) in [5.41, 5.74) is 0. The summed E-state index contributed by atoms with van der Waals surface area (Å²) in [6.45, 7) is 6.60. The quantitative estimate of drug-likeness (QED) is 0.506. The van der Waals surface area contributed by atoms with Crippen molar-refractivity contribution in [3.63, 3.8) is 0 Å². The van der Waals surface area contributed by atoms with Crippen LogP contribution in [-0.4, -0.2) is 64.3 Å². The van der Waals surface area contributed by atoms with Crippen LogP contribution in [0, 0.1) is 0 Å². The maximum absolute atomic E-state index is 11.2. The molecule has 0 bridgehead atoms. The maximum atomic E-state index is 11.2. The molecule has 0 aromatic rings. The largest absolute Gasteiger partial charge is 0.383 e. The molecule has 0 saturated heterocycles. The summed E-state index contributed by atoms with van der Waals surface area (Å²) in [6.07, 6.45) is 0.978. The van der Waals surface area contributed by atoms with Crippen molar-refractivity contribution in [2.45, 2.75) is 13.3 Å². The molecule has 2 N–H and O–H groups in total. The molecule has 0 aliphatic rings. The van der Waals surface area contributed by atoms with Crippen molar-refractivity contribution in [3.05, 3.63) is 0 Å². The molecular formula is C11H25N3O2. The van der Waals surface area contributed by atoms with E-state index >= 15 is 0 Å². The minimum absolute atomic E-state index is 0.0707. The summed E-state index contributed by atoms with van der Waals surface area (Å²) >= 11 is 0. The molecule has 0 heterocycles. The Balaban J connectivity index is 3.28. The third-order valence-electron chi connectivity index (χ3n) is 2.21. The molecule has 0 rings (SSSR count). The number of nitrogens with zero attached hydrogens (tertiary/aromatic N) is 1. The molecule has 0 aliphatic carbocycles. The van der Waals surface area contributed by atoms with E-state index in [-0.39, 0.29) is 5.91 Å². The second-order valence-corrected chi connectivity index (χ2v) is 3.82. The van der Waals surface area contributed by atoms with E-state index in [0.29, 0.717) is 6.54 Å². The second-order valence-electron chi connectivity index (χ2n) is 3.82. The number of rotatable bonds is 10. The van der Waals surface area contributed by atoms with Crippen LogP contribution in [0.2, 0.25) is 0 Å². The van der Waals surface area contributed by atoms with Crippen LogP contribution in [0.5, 0.6) is 0 Å². The molecule has 0 aromatic carbocycles. The van der Waals surface area contributed by atoms with E-state index in [0.717, 1.165) is 39.2 Å². The van der Waals surface area contributed by atoms with Crippen molar-refractivity contribution < 1.29 is 9.53 Å². The fourth-order valence-electron chi connectivity index (χ4n) is 1.16. The molecule has 0 unspecified atom stereocenters. The Labute approximate surface area is 98.5 Å². The van der Waals surface area contributed by atoms with Gasteiger partial charge in [0.15, 0.2) is 0 Å². The third-order valence-corrected chi connectivity index (χ3v) is 2.21. The number of ether oxygens (including phenoxy) is 1. The van der Waals surface area contributed by atoms with Crippen LogP contribution in [0.1, 0.15) is 13.3 Å². The molecule has 5 nitrogen and oxygen atoms in total. The van der Waals surface area contributed by atoms with Gasteiger partial charge in [-0.3, -0.25) is 4.79 Å². The van der Waals surface area contributed by atoms with E-state index in [1.54, 1.807) is 7.11 Å². The predicted molar refractivity (Wildman–Crippen MR) is 65.5 cm³/mol. The van der Waals surface area contributed by atoms with Gasteiger partial charge in [0.05, 0.1) is 13.2 Å². The summed E-state index contributed by atoms with van der Waals surface area (Å²) in [5, 5.41) is 5.93. The molecule has 0 fully saturated rings. The average Bonchev–Trinajstić information content (AvgIpc) is 2.29. The topological polar surface area (TPSA) is 53.6 Å². The highest BCUT2D eigenvalue weighted by Gasteiger charge is 2.00. The molecule has 5 heteroatoms. The van der Waals surface area contributed by atoms with E-state index in [1.807, 2.05) is 14.0 Å². The van der Waals surface area contributed by atoms with Gasteiger partial charge in [-0.15, -0.1) is 0 Å². The zero-order valence-corrected chi connectivity index (χ0v) is 10.7. The molecule has 0 aromatic heterocycles. The zero-order chi connectivity index (χ0) is 12.2. The Kier molecular flexibility index (Phi) is 10.4. The first-order valence-corrected chi connectivity index (χ1v) is 5.85. The molecular weight excluding hydrogens is 206 g/mol. The van der Waals surface area contributed by atoms with Crippen molar-refractivity contribution >= 4 is 5.91 Å². The summed E-state index contributed by atoms with van der Waals surface area (Å²) in [5.74, 6) is 0.0707. The first-order chi connectivity index (χ1) is 7.70. The van der Waals surface area contributed by atoms with Gasteiger partial charge in [-0.1, -0.05) is 6.92 Å². The maximum Gasteiger partial charge on any atom is 0.233 e. The number of carbonyl (C=O) groups excluding carboxylic acids is 1. The molecule has 0 radical (unpaired) electrons. The standard InChI is InChI=1S/C11H25N3O2/c1-4-5-13-11(15)10-12-6-7-14(2)8-9-16-3/h12H,4-10H2,1-3H3,(H,13,15). The van der Waals surface area contributed by atoms with Crippen molar-refractivity contribution in [3.8, 4) is 0 Å². The van der Waals surface area contributed by atoms with Gasteiger partial charge in [0.2, 0.25) is 5.91 Å². The first-order valence-electron chi connectivity index (χ1n) is 5.85. The van der Waals surface area contributed by atoms with E-state index in [1.165, 1.54) is 0 Å². The van der Waals surface area contributed by atoms with Gasteiger partial charge in [0.25, 0.3) is 0 Å². The van der Waals surface area contributed by atoms with Crippen molar-refractivity contribution in [1.82, 2.24) is 15.5 Å². The highest BCUT2D eigenvalue weighted by Crippen LogP contribution is 1.80. The minimum Gasteiger partial charge on any atom is -0.383 e. The normalized spacial score (nSPS) is 10.8. The van der Waals surface area contributed by atoms with Crippen LogP contribution in [0.3, 0.4) is 0 Å². The number of amides is 1. The van der Waals surface area contributed by atoms with Crippen LogP contribution < -0.4 is 10.6 Å². The summed E-state index contributed by atoms with van der Waals surface area (Å²) < 4.78 is 4.98. The van der Waals surface area contributed by atoms with Crippen LogP contribution in [-0.2, 0) is 9.53 Å². The number of carbonyl (C=O) groups is 1. The number of likely N-dealkylation sites (N-methyl/N-ethyl adjacent to an activating group) is 1. The molecule has 0 atom stereocenters. The Morgan fingerprint density at radius 2 is 2.06 bits per heavy atom. The monoisotopic (exact) mass is 231 g/mol. The Hall–Kier alpha value is -0.650. The molecule has 16 heavy (non-hydrogen) atoms. The number of hydrogen-bond donors (Lipinski definition) is 2. The van der Waals surface area contributed by atoms with Crippen LogP contribution in [0.15, 0.2) is 0 Å². The number of methoxy groups -OCH3 is 1. The predicted octanol–water partition coefficient (Wildman–Crippen LogP) is -0.320. The van der Waals surface area contributed by atoms with Crippen molar-refractivity contribution in [2.75, 3.05) is 53.5 Å². The number of hydrogen-bond acceptors (Lipinski definition) is 4. The smallest absolute Gasteiger partial charge is 0.233 e. The Bertz CT molecular complexity index is 177. The lowest BCUT2D eigenvalue weighted by atomic mass is 10.4. The molecule has 0 aliphatic heterocycles. The Morgan fingerprint density at radius 1 is 1.31 bits per heavy atom. The van der Waals surface area contributed by atoms with E-state index in [4.69, 9.17) is 4.74 Å². The van der Waals surface area contributed by atoms with Crippen molar-refractivity contribution in [1.29, 1.82) is 0 Å². The summed E-state index contributed by atoms with van der Waals surface area (Å²) in [7, 11) is 3.74. The second kappa shape index (κ2) is 10.9. The molecule has 0 spiro atoms. The summed E-state index contributed by atoms with van der Waals surface area (Å²) in [4.78, 5) is 13.4. The minimum atomic E-state index is 0.0707. The van der Waals surface area contributed by atoms with Gasteiger partial charge in [0, 0.05) is 33.3 Å². The van der Waals surface area contributed by atoms with Gasteiger partial charge < -0.3 is 20.3 Å². The lowest BCUT2D eigenvalue weighted by Crippen LogP contribution is -2.38. The van der Waals surface area contributed by atoms with E-state index in [9.17, 15) is 4.79 Å². The fourth-order valence-corrected chi connectivity index (χ4v) is 1.16. The molecule has 96 valence electrons. The Morgan fingerprint density at radius 3 is 2.69 bits per heavy atom. The summed E-state index contributed by atoms with van der Waals surface area (Å²) in [6, 6.07) is 0. The van der Waals surface area contributed by atoms with Gasteiger partial charge >= 0.3 is 0 Å². The van der Waals surface area contributed by atoms with Crippen molar-refractivity contribution in [2.24, 2.45) is 0 Å². The molecule has 1 amide bonds. The van der Waals surface area contributed by atoms with Crippen LogP contribution in [0.4, 0.5) is 0 Å². The highest BCUT2D eigenvalue weighted by atomic mass is 16.5. The number of nitrogens with one attached hydrogen (secondary N) is 2. The van der Waals surface area contributed by atoms with Crippen LogP contribution >= 0.6 is 0 Å². The third kappa shape index (κ3) is 9.89. The zero-order valence-electron chi connectivity index (χ0n) is 10.7.